The third-order valence-corrected chi connectivity index (χ3v) is 3.57. The van der Waals surface area contributed by atoms with Crippen LogP contribution in [0.25, 0.3) is 0 Å². The Balaban J connectivity index is 1.91. The second-order valence-corrected chi connectivity index (χ2v) is 5.67. The molecule has 1 aliphatic rings. The van der Waals surface area contributed by atoms with Crippen LogP contribution in [0.1, 0.15) is 31.4 Å². The molecule has 0 aromatic heterocycles. The standard InChI is InChI=1S/C14H19N3O2/c1-14(2)8-11(14)16-12(18)7-9-3-5-10(6-4-9)13(15)17-19/h3-6,11,19H,7-8H2,1-2H3,(H2,15,17)(H,16,18). The number of hydrogen-bond acceptors (Lipinski definition) is 3. The fourth-order valence-electron chi connectivity index (χ4n) is 2.00. The van der Waals surface area contributed by atoms with E-state index in [0.29, 0.717) is 18.0 Å². The van der Waals surface area contributed by atoms with Crippen molar-refractivity contribution in [2.75, 3.05) is 0 Å². The van der Waals surface area contributed by atoms with Crippen molar-refractivity contribution in [3.63, 3.8) is 0 Å². The molecule has 2 rings (SSSR count). The van der Waals surface area contributed by atoms with E-state index in [9.17, 15) is 4.79 Å². The quantitative estimate of drug-likeness (QED) is 0.330. The van der Waals surface area contributed by atoms with E-state index < -0.39 is 0 Å². The smallest absolute Gasteiger partial charge is 0.224 e. The van der Waals surface area contributed by atoms with E-state index in [0.717, 1.165) is 12.0 Å². The van der Waals surface area contributed by atoms with Gasteiger partial charge in [-0.15, -0.1) is 0 Å². The van der Waals surface area contributed by atoms with Crippen LogP contribution in [-0.4, -0.2) is 23.0 Å². The van der Waals surface area contributed by atoms with Crippen LogP contribution in [0.3, 0.4) is 0 Å². The molecular weight excluding hydrogens is 242 g/mol. The van der Waals surface area contributed by atoms with Gasteiger partial charge in [-0.3, -0.25) is 4.79 Å². The lowest BCUT2D eigenvalue weighted by atomic mass is 10.1. The SMILES string of the molecule is CC1(C)CC1NC(=O)Cc1ccc(C(N)=NO)cc1. The zero-order valence-electron chi connectivity index (χ0n) is 11.2. The Bertz CT molecular complexity index is 506. The number of amidine groups is 1. The molecule has 1 fully saturated rings. The first-order valence-corrected chi connectivity index (χ1v) is 6.28. The molecule has 1 saturated carbocycles. The first-order valence-electron chi connectivity index (χ1n) is 6.28. The Kier molecular flexibility index (Phi) is 3.46. The first kappa shape index (κ1) is 13.4. The zero-order chi connectivity index (χ0) is 14.0. The Labute approximate surface area is 112 Å². The van der Waals surface area contributed by atoms with Gasteiger partial charge in [-0.25, -0.2) is 0 Å². The normalized spacial score (nSPS) is 20.9. The monoisotopic (exact) mass is 261 g/mol. The second-order valence-electron chi connectivity index (χ2n) is 5.67. The fourth-order valence-corrected chi connectivity index (χ4v) is 2.00. The lowest BCUT2D eigenvalue weighted by Gasteiger charge is -2.07. The summed E-state index contributed by atoms with van der Waals surface area (Å²) in [4.78, 5) is 11.8. The molecular formula is C14H19N3O2. The second kappa shape index (κ2) is 4.91. The molecule has 0 radical (unpaired) electrons. The van der Waals surface area contributed by atoms with Gasteiger partial charge < -0.3 is 16.3 Å². The molecule has 102 valence electrons. The van der Waals surface area contributed by atoms with Crippen molar-refractivity contribution in [1.82, 2.24) is 5.32 Å². The van der Waals surface area contributed by atoms with Gasteiger partial charge in [0.05, 0.1) is 6.42 Å². The topological polar surface area (TPSA) is 87.7 Å². The van der Waals surface area contributed by atoms with Crippen molar-refractivity contribution in [3.8, 4) is 0 Å². The number of nitrogens with two attached hydrogens (primary N) is 1. The molecule has 1 amide bonds. The van der Waals surface area contributed by atoms with Gasteiger partial charge in [0.25, 0.3) is 0 Å². The van der Waals surface area contributed by atoms with Crippen LogP contribution in [0.2, 0.25) is 0 Å². The van der Waals surface area contributed by atoms with Crippen LogP contribution in [0.5, 0.6) is 0 Å². The highest BCUT2D eigenvalue weighted by Crippen LogP contribution is 2.44. The molecule has 5 heteroatoms. The summed E-state index contributed by atoms with van der Waals surface area (Å²) >= 11 is 0. The van der Waals surface area contributed by atoms with Crippen LogP contribution in [0, 0.1) is 5.41 Å². The predicted molar refractivity (Wildman–Crippen MR) is 73.0 cm³/mol. The Hall–Kier alpha value is -2.04. The van der Waals surface area contributed by atoms with Crippen molar-refractivity contribution in [2.45, 2.75) is 32.7 Å². The van der Waals surface area contributed by atoms with Gasteiger partial charge in [0, 0.05) is 11.6 Å². The highest BCUT2D eigenvalue weighted by Gasteiger charge is 2.46. The fraction of sp³-hybridized carbons (Fsp3) is 0.429. The Morgan fingerprint density at radius 1 is 1.47 bits per heavy atom. The minimum Gasteiger partial charge on any atom is -0.409 e. The summed E-state index contributed by atoms with van der Waals surface area (Å²) in [5, 5.41) is 14.5. The summed E-state index contributed by atoms with van der Waals surface area (Å²) < 4.78 is 0. The molecule has 0 saturated heterocycles. The van der Waals surface area contributed by atoms with E-state index in [1.165, 1.54) is 0 Å². The van der Waals surface area contributed by atoms with E-state index in [-0.39, 0.29) is 17.2 Å². The number of hydrogen-bond donors (Lipinski definition) is 3. The molecule has 1 aromatic carbocycles. The summed E-state index contributed by atoms with van der Waals surface area (Å²) in [6.45, 7) is 4.29. The summed E-state index contributed by atoms with van der Waals surface area (Å²) in [7, 11) is 0. The third kappa shape index (κ3) is 3.24. The number of carbonyl (C=O) groups is 1. The summed E-state index contributed by atoms with van der Waals surface area (Å²) in [5.41, 5.74) is 7.25. The van der Waals surface area contributed by atoms with Crippen molar-refractivity contribution >= 4 is 11.7 Å². The lowest BCUT2D eigenvalue weighted by molar-refractivity contribution is -0.120. The minimum absolute atomic E-state index is 0.0344. The van der Waals surface area contributed by atoms with E-state index in [4.69, 9.17) is 10.9 Å². The lowest BCUT2D eigenvalue weighted by Crippen LogP contribution is -2.29. The molecule has 19 heavy (non-hydrogen) atoms. The van der Waals surface area contributed by atoms with Crippen LogP contribution >= 0.6 is 0 Å². The third-order valence-electron chi connectivity index (χ3n) is 3.57. The largest absolute Gasteiger partial charge is 0.409 e. The molecule has 5 nitrogen and oxygen atoms in total. The predicted octanol–water partition coefficient (Wildman–Crippen LogP) is 1.24. The van der Waals surface area contributed by atoms with E-state index in [1.807, 2.05) is 12.1 Å². The molecule has 0 bridgehead atoms. The maximum absolute atomic E-state index is 11.8. The number of nitrogens with one attached hydrogen (secondary N) is 1. The minimum atomic E-state index is 0.0344. The van der Waals surface area contributed by atoms with Crippen molar-refractivity contribution in [1.29, 1.82) is 0 Å². The van der Waals surface area contributed by atoms with Crippen LogP contribution in [0.4, 0.5) is 0 Å². The van der Waals surface area contributed by atoms with Crippen LogP contribution < -0.4 is 11.1 Å². The molecule has 1 atom stereocenters. The highest BCUT2D eigenvalue weighted by molar-refractivity contribution is 5.97. The summed E-state index contributed by atoms with van der Waals surface area (Å²) in [6.07, 6.45) is 1.39. The molecule has 1 unspecified atom stereocenters. The number of nitrogens with zero attached hydrogens (tertiary/aromatic N) is 1. The van der Waals surface area contributed by atoms with Gasteiger partial charge in [0.2, 0.25) is 5.91 Å². The van der Waals surface area contributed by atoms with Crippen molar-refractivity contribution in [3.05, 3.63) is 35.4 Å². The van der Waals surface area contributed by atoms with Gasteiger partial charge in [-0.05, 0) is 17.4 Å². The molecule has 0 heterocycles. The first-order chi connectivity index (χ1) is 8.92. The molecule has 0 spiro atoms. The van der Waals surface area contributed by atoms with E-state index >= 15 is 0 Å². The Morgan fingerprint density at radius 3 is 2.53 bits per heavy atom. The average Bonchev–Trinajstić information content (AvgIpc) is 2.96. The highest BCUT2D eigenvalue weighted by atomic mass is 16.4. The van der Waals surface area contributed by atoms with E-state index in [1.54, 1.807) is 12.1 Å². The molecule has 1 aliphatic carbocycles. The number of rotatable bonds is 4. The molecule has 0 aliphatic heterocycles. The maximum Gasteiger partial charge on any atom is 0.224 e. The molecule has 1 aromatic rings. The van der Waals surface area contributed by atoms with Gasteiger partial charge in [-0.1, -0.05) is 43.3 Å². The van der Waals surface area contributed by atoms with Crippen LogP contribution in [-0.2, 0) is 11.2 Å². The molecule has 4 N–H and O–H groups in total. The van der Waals surface area contributed by atoms with Gasteiger partial charge in [-0.2, -0.15) is 0 Å². The Morgan fingerprint density at radius 2 is 2.05 bits per heavy atom. The average molecular weight is 261 g/mol. The number of amides is 1. The number of carbonyl (C=O) groups excluding carboxylic acids is 1. The maximum atomic E-state index is 11.8. The van der Waals surface area contributed by atoms with Gasteiger partial charge in [0.15, 0.2) is 5.84 Å². The summed E-state index contributed by atoms with van der Waals surface area (Å²) in [5.74, 6) is 0.0999. The van der Waals surface area contributed by atoms with E-state index in [2.05, 4.69) is 24.3 Å². The number of oxime groups is 1. The van der Waals surface area contributed by atoms with Gasteiger partial charge in [0.1, 0.15) is 0 Å². The summed E-state index contributed by atoms with van der Waals surface area (Å²) in [6, 6.07) is 7.39. The van der Waals surface area contributed by atoms with Gasteiger partial charge >= 0.3 is 0 Å². The van der Waals surface area contributed by atoms with Crippen molar-refractivity contribution < 1.29 is 10.0 Å². The van der Waals surface area contributed by atoms with Crippen molar-refractivity contribution in [2.24, 2.45) is 16.3 Å². The van der Waals surface area contributed by atoms with Crippen LogP contribution in [0.15, 0.2) is 29.4 Å². The number of benzene rings is 1. The zero-order valence-corrected chi connectivity index (χ0v) is 11.2.